The molecule has 28 heavy (non-hydrogen) atoms. The van der Waals surface area contributed by atoms with E-state index >= 15 is 0 Å². The SMILES string of the molecule is C1=C/C=C\c2c(nc3n2C2CCCCCCC2C2CCCCCCCC32)C=C1. The van der Waals surface area contributed by atoms with E-state index in [2.05, 4.69) is 41.0 Å². The van der Waals surface area contributed by atoms with Gasteiger partial charge in [0.1, 0.15) is 5.82 Å². The van der Waals surface area contributed by atoms with E-state index in [0.29, 0.717) is 12.0 Å². The van der Waals surface area contributed by atoms with Gasteiger partial charge in [0.2, 0.25) is 0 Å². The van der Waals surface area contributed by atoms with Gasteiger partial charge in [-0.3, -0.25) is 0 Å². The highest BCUT2D eigenvalue weighted by molar-refractivity contribution is 5.64. The lowest BCUT2D eigenvalue weighted by Gasteiger charge is -2.46. The zero-order chi connectivity index (χ0) is 18.8. The Labute approximate surface area is 170 Å². The first-order valence-corrected chi connectivity index (χ1v) is 12.1. The Hall–Kier alpha value is -1.57. The van der Waals surface area contributed by atoms with E-state index in [-0.39, 0.29) is 0 Å². The van der Waals surface area contributed by atoms with E-state index in [1.807, 2.05) is 0 Å². The highest BCUT2D eigenvalue weighted by Gasteiger charge is 2.44. The van der Waals surface area contributed by atoms with Crippen molar-refractivity contribution in [1.29, 1.82) is 0 Å². The molecular formula is C26H36N2. The van der Waals surface area contributed by atoms with E-state index in [4.69, 9.17) is 4.98 Å². The van der Waals surface area contributed by atoms with Crippen molar-refractivity contribution >= 4 is 12.2 Å². The van der Waals surface area contributed by atoms with Gasteiger partial charge >= 0.3 is 0 Å². The fraction of sp³-hybridized carbons (Fsp3) is 0.654. The predicted octanol–water partition coefficient (Wildman–Crippen LogP) is 7.45. The van der Waals surface area contributed by atoms with Gasteiger partial charge < -0.3 is 4.57 Å². The average molecular weight is 377 g/mol. The number of hydrogen-bond acceptors (Lipinski definition) is 1. The van der Waals surface area contributed by atoms with Crippen LogP contribution in [0.2, 0.25) is 0 Å². The largest absolute Gasteiger partial charge is 0.324 e. The third-order valence-electron chi connectivity index (χ3n) is 7.91. The summed E-state index contributed by atoms with van der Waals surface area (Å²) in [6, 6.07) is 0.676. The number of nitrogens with zero attached hydrogens (tertiary/aromatic N) is 2. The van der Waals surface area contributed by atoms with E-state index < -0.39 is 0 Å². The summed E-state index contributed by atoms with van der Waals surface area (Å²) in [6.07, 6.45) is 31.7. The molecule has 2 saturated carbocycles. The van der Waals surface area contributed by atoms with Crippen LogP contribution in [0.1, 0.15) is 113 Å². The molecule has 0 N–H and O–H groups in total. The maximum Gasteiger partial charge on any atom is 0.113 e. The van der Waals surface area contributed by atoms with Crippen LogP contribution in [0.5, 0.6) is 0 Å². The second-order valence-electron chi connectivity index (χ2n) is 9.55. The average Bonchev–Trinajstić information content (AvgIpc) is 3.04. The quantitative estimate of drug-likeness (QED) is 0.460. The van der Waals surface area contributed by atoms with Crippen LogP contribution in [-0.4, -0.2) is 9.55 Å². The molecule has 2 heterocycles. The Balaban J connectivity index is 1.64. The third kappa shape index (κ3) is 3.44. The zero-order valence-electron chi connectivity index (χ0n) is 17.4. The molecule has 0 bridgehead atoms. The van der Waals surface area contributed by atoms with E-state index in [9.17, 15) is 0 Å². The molecule has 0 aromatic carbocycles. The Morgan fingerprint density at radius 1 is 0.643 bits per heavy atom. The van der Waals surface area contributed by atoms with Crippen LogP contribution in [-0.2, 0) is 0 Å². The van der Waals surface area contributed by atoms with Crippen LogP contribution in [0.4, 0.5) is 0 Å². The number of rotatable bonds is 0. The first-order valence-electron chi connectivity index (χ1n) is 12.1. The molecule has 0 amide bonds. The molecule has 5 rings (SSSR count). The second kappa shape index (κ2) is 8.43. The van der Waals surface area contributed by atoms with Crippen LogP contribution in [0.15, 0.2) is 24.3 Å². The number of fused-ring (bicyclic) bond motifs is 8. The maximum atomic E-state index is 5.32. The normalized spacial score (nSPS) is 34.0. The molecule has 4 unspecified atom stereocenters. The lowest BCUT2D eigenvalue weighted by Crippen LogP contribution is -2.38. The molecule has 0 spiro atoms. The molecule has 150 valence electrons. The van der Waals surface area contributed by atoms with Gasteiger partial charge in [-0.15, -0.1) is 0 Å². The van der Waals surface area contributed by atoms with Crippen LogP contribution in [0.3, 0.4) is 0 Å². The van der Waals surface area contributed by atoms with Crippen LogP contribution >= 0.6 is 0 Å². The van der Waals surface area contributed by atoms with Gasteiger partial charge in [-0.1, -0.05) is 82.1 Å². The van der Waals surface area contributed by atoms with Crippen molar-refractivity contribution in [2.24, 2.45) is 11.8 Å². The van der Waals surface area contributed by atoms with Gasteiger partial charge in [0.25, 0.3) is 0 Å². The molecule has 0 saturated heterocycles. The molecule has 1 aromatic heterocycles. The first-order chi connectivity index (χ1) is 13.9. The molecule has 1 aromatic rings. The summed E-state index contributed by atoms with van der Waals surface area (Å²) >= 11 is 0. The monoisotopic (exact) mass is 376 g/mol. The van der Waals surface area contributed by atoms with Crippen molar-refractivity contribution < 1.29 is 0 Å². The lowest BCUT2D eigenvalue weighted by atomic mass is 9.67. The summed E-state index contributed by atoms with van der Waals surface area (Å²) in [5.74, 6) is 3.86. The fourth-order valence-electron chi connectivity index (χ4n) is 6.64. The van der Waals surface area contributed by atoms with Gasteiger partial charge in [-0.2, -0.15) is 0 Å². The molecule has 2 fully saturated rings. The number of allylic oxidation sites excluding steroid dienone is 4. The minimum atomic E-state index is 0.676. The summed E-state index contributed by atoms with van der Waals surface area (Å²) in [6.45, 7) is 0. The standard InChI is InChI=1S/C26H36N2/c1-2-8-14-20-21-15-9-4-6-12-18-24(21)28-25-19-13-7-5-11-17-23(25)27-26(28)22(20)16-10-3-1/h5,7,11,13,17,19-22,24H,1-4,6,8-10,12,14-16,18H2/b7-5?,11-5?,13-7?,17-11?,19-13-,23-17?,25-19?. The molecule has 2 heteroatoms. The van der Waals surface area contributed by atoms with Gasteiger partial charge in [0, 0.05) is 12.0 Å². The molecule has 4 atom stereocenters. The minimum absolute atomic E-state index is 0.676. The smallest absolute Gasteiger partial charge is 0.113 e. The molecule has 0 radical (unpaired) electrons. The topological polar surface area (TPSA) is 17.8 Å². The Kier molecular flexibility index (Phi) is 5.56. The second-order valence-corrected chi connectivity index (χ2v) is 9.55. The summed E-state index contributed by atoms with van der Waals surface area (Å²) in [7, 11) is 0. The van der Waals surface area contributed by atoms with E-state index in [1.165, 1.54) is 101 Å². The molecule has 2 nitrogen and oxygen atoms in total. The van der Waals surface area contributed by atoms with Gasteiger partial charge in [0.15, 0.2) is 0 Å². The molecular weight excluding hydrogens is 340 g/mol. The number of aromatic nitrogens is 2. The lowest BCUT2D eigenvalue weighted by molar-refractivity contribution is 0.108. The van der Waals surface area contributed by atoms with Crippen LogP contribution in [0.25, 0.3) is 12.2 Å². The first kappa shape index (κ1) is 18.5. The number of imidazole rings is 1. The van der Waals surface area contributed by atoms with Crippen LogP contribution in [0, 0.1) is 11.8 Å². The Morgan fingerprint density at radius 2 is 1.29 bits per heavy atom. The number of hydrogen-bond donors (Lipinski definition) is 0. The fourth-order valence-corrected chi connectivity index (χ4v) is 6.64. The van der Waals surface area contributed by atoms with Crippen molar-refractivity contribution in [2.75, 3.05) is 0 Å². The maximum absolute atomic E-state index is 5.32. The molecule has 4 aliphatic rings. The highest BCUT2D eigenvalue weighted by Crippen LogP contribution is 2.52. The zero-order valence-corrected chi connectivity index (χ0v) is 17.4. The predicted molar refractivity (Wildman–Crippen MR) is 118 cm³/mol. The van der Waals surface area contributed by atoms with Crippen molar-refractivity contribution in [2.45, 2.75) is 95.4 Å². The van der Waals surface area contributed by atoms with E-state index in [1.54, 1.807) is 0 Å². The summed E-state index contributed by atoms with van der Waals surface area (Å²) in [5.41, 5.74) is 2.58. The van der Waals surface area contributed by atoms with Crippen LogP contribution < -0.4 is 0 Å². The van der Waals surface area contributed by atoms with Crippen molar-refractivity contribution in [1.82, 2.24) is 9.55 Å². The minimum Gasteiger partial charge on any atom is -0.324 e. The van der Waals surface area contributed by atoms with Gasteiger partial charge in [-0.05, 0) is 49.7 Å². The third-order valence-corrected chi connectivity index (χ3v) is 7.91. The summed E-state index contributed by atoms with van der Waals surface area (Å²) in [5, 5.41) is 0. The molecule has 3 aliphatic carbocycles. The van der Waals surface area contributed by atoms with Crippen molar-refractivity contribution in [3.05, 3.63) is 41.5 Å². The van der Waals surface area contributed by atoms with E-state index in [0.717, 1.165) is 11.8 Å². The highest BCUT2D eigenvalue weighted by atomic mass is 15.1. The Bertz CT molecular complexity index is 766. The Morgan fingerprint density at radius 3 is 2.11 bits per heavy atom. The van der Waals surface area contributed by atoms with Gasteiger partial charge in [-0.25, -0.2) is 4.98 Å². The molecule has 1 aliphatic heterocycles. The van der Waals surface area contributed by atoms with Gasteiger partial charge in [0.05, 0.1) is 11.4 Å². The summed E-state index contributed by atoms with van der Waals surface area (Å²) in [4.78, 5) is 5.32. The summed E-state index contributed by atoms with van der Waals surface area (Å²) < 4.78 is 2.74. The van der Waals surface area contributed by atoms with Crippen molar-refractivity contribution in [3.8, 4) is 0 Å². The van der Waals surface area contributed by atoms with Crippen molar-refractivity contribution in [3.63, 3.8) is 0 Å².